The molecule has 0 amide bonds. The van der Waals surface area contributed by atoms with Crippen LogP contribution in [0.2, 0.25) is 5.02 Å². The number of rotatable bonds is 4. The van der Waals surface area contributed by atoms with E-state index in [4.69, 9.17) is 27.5 Å². The molecule has 0 aliphatic heterocycles. The number of hydrogen-bond acceptors (Lipinski definition) is 3. The van der Waals surface area contributed by atoms with Crippen molar-refractivity contribution in [1.29, 1.82) is 5.41 Å². The van der Waals surface area contributed by atoms with Crippen LogP contribution >= 0.6 is 23.4 Å². The third kappa shape index (κ3) is 3.08. The lowest BCUT2D eigenvalue weighted by molar-refractivity contribution is 0.480. The average molecular weight is 307 g/mol. The highest BCUT2D eigenvalue weighted by Gasteiger charge is 2.14. The van der Waals surface area contributed by atoms with Gasteiger partial charge in [-0.05, 0) is 43.0 Å². The van der Waals surface area contributed by atoms with Gasteiger partial charge in [0, 0.05) is 4.90 Å². The second-order valence-corrected chi connectivity index (χ2v) is 5.54. The van der Waals surface area contributed by atoms with Gasteiger partial charge in [0.05, 0.1) is 10.6 Å². The van der Waals surface area contributed by atoms with Crippen LogP contribution in [0.5, 0.6) is 11.5 Å². The molecule has 3 N–H and O–H groups in total. The van der Waals surface area contributed by atoms with Crippen LogP contribution in [0.3, 0.4) is 0 Å². The fraction of sp³-hybridized carbons (Fsp3) is 0.133. The maximum absolute atomic E-state index is 7.73. The predicted octanol–water partition coefficient (Wildman–Crippen LogP) is 4.45. The van der Waals surface area contributed by atoms with E-state index in [1.54, 1.807) is 6.07 Å². The van der Waals surface area contributed by atoms with Crippen molar-refractivity contribution < 1.29 is 4.74 Å². The molecule has 0 heterocycles. The first-order valence-corrected chi connectivity index (χ1v) is 7.58. The monoisotopic (exact) mass is 306 g/mol. The molecule has 104 valence electrons. The Kier molecular flexibility index (Phi) is 4.57. The number of amidine groups is 1. The Morgan fingerprint density at radius 3 is 2.60 bits per heavy atom. The van der Waals surface area contributed by atoms with E-state index in [2.05, 4.69) is 0 Å². The number of nitrogens with one attached hydrogen (secondary N) is 1. The molecule has 5 heteroatoms. The lowest BCUT2D eigenvalue weighted by Gasteiger charge is -2.14. The molecule has 0 aliphatic carbocycles. The highest BCUT2D eigenvalue weighted by atomic mass is 35.5. The topological polar surface area (TPSA) is 59.1 Å². The van der Waals surface area contributed by atoms with Gasteiger partial charge in [0.2, 0.25) is 0 Å². The Balaban J connectivity index is 2.45. The summed E-state index contributed by atoms with van der Waals surface area (Å²) in [6, 6.07) is 11.1. The molecule has 0 aliphatic rings. The zero-order valence-electron chi connectivity index (χ0n) is 11.2. The first-order chi connectivity index (χ1) is 9.52. The smallest absolute Gasteiger partial charge is 0.146 e. The summed E-state index contributed by atoms with van der Waals surface area (Å²) in [4.78, 5) is 0.901. The predicted molar refractivity (Wildman–Crippen MR) is 85.5 cm³/mol. The molecule has 0 radical (unpaired) electrons. The van der Waals surface area contributed by atoms with Gasteiger partial charge in [-0.25, -0.2) is 0 Å². The van der Waals surface area contributed by atoms with E-state index >= 15 is 0 Å². The first kappa shape index (κ1) is 14.8. The van der Waals surface area contributed by atoms with Crippen molar-refractivity contribution >= 4 is 29.2 Å². The van der Waals surface area contributed by atoms with E-state index < -0.39 is 0 Å². The molecule has 0 atom stereocenters. The lowest BCUT2D eigenvalue weighted by atomic mass is 10.2. The molecule has 2 aromatic carbocycles. The summed E-state index contributed by atoms with van der Waals surface area (Å²) >= 11 is 7.69. The van der Waals surface area contributed by atoms with E-state index in [1.165, 1.54) is 11.8 Å². The summed E-state index contributed by atoms with van der Waals surface area (Å²) in [5, 5.41) is 8.26. The average Bonchev–Trinajstić information content (AvgIpc) is 2.41. The molecular weight excluding hydrogens is 292 g/mol. The Bertz CT molecular complexity index is 658. The Morgan fingerprint density at radius 1 is 1.25 bits per heavy atom. The Morgan fingerprint density at radius 2 is 2.00 bits per heavy atom. The standard InChI is InChI=1S/C15H15ClN2OS/c1-9-6-7-11(10(16)8-9)19-12-4-3-5-13(20-2)14(12)15(17)18/h3-8H,1-2H3,(H3,17,18). The molecule has 0 spiro atoms. The van der Waals surface area contributed by atoms with Gasteiger partial charge in [0.15, 0.2) is 0 Å². The number of ether oxygens (including phenoxy) is 1. The summed E-state index contributed by atoms with van der Waals surface area (Å²) in [5.74, 6) is 1.07. The molecule has 0 saturated carbocycles. The molecule has 3 nitrogen and oxygen atoms in total. The van der Waals surface area contributed by atoms with E-state index in [0.29, 0.717) is 22.1 Å². The fourth-order valence-electron chi connectivity index (χ4n) is 1.84. The molecule has 2 aromatic rings. The van der Waals surface area contributed by atoms with Crippen molar-refractivity contribution in [2.24, 2.45) is 5.73 Å². The molecule has 0 fully saturated rings. The van der Waals surface area contributed by atoms with Crippen LogP contribution in [-0.2, 0) is 0 Å². The van der Waals surface area contributed by atoms with Crippen LogP contribution < -0.4 is 10.5 Å². The van der Waals surface area contributed by atoms with Crippen molar-refractivity contribution in [1.82, 2.24) is 0 Å². The van der Waals surface area contributed by atoms with Crippen molar-refractivity contribution in [2.45, 2.75) is 11.8 Å². The van der Waals surface area contributed by atoms with Crippen LogP contribution in [-0.4, -0.2) is 12.1 Å². The van der Waals surface area contributed by atoms with Gasteiger partial charge >= 0.3 is 0 Å². The summed E-state index contributed by atoms with van der Waals surface area (Å²) in [5.41, 5.74) is 7.32. The van der Waals surface area contributed by atoms with Crippen LogP contribution in [0, 0.1) is 12.3 Å². The number of thioether (sulfide) groups is 1. The lowest BCUT2D eigenvalue weighted by Crippen LogP contribution is -2.13. The van der Waals surface area contributed by atoms with Crippen molar-refractivity contribution in [3.63, 3.8) is 0 Å². The number of nitrogens with two attached hydrogens (primary N) is 1. The van der Waals surface area contributed by atoms with Gasteiger partial charge in [0.1, 0.15) is 17.3 Å². The number of hydrogen-bond donors (Lipinski definition) is 2. The summed E-state index contributed by atoms with van der Waals surface area (Å²) < 4.78 is 5.83. The number of benzene rings is 2. The van der Waals surface area contributed by atoms with E-state index in [-0.39, 0.29) is 5.84 Å². The molecule has 0 aromatic heterocycles. The normalized spacial score (nSPS) is 10.3. The second kappa shape index (κ2) is 6.20. The van der Waals surface area contributed by atoms with Crippen molar-refractivity contribution in [2.75, 3.05) is 6.26 Å². The third-order valence-electron chi connectivity index (χ3n) is 2.78. The van der Waals surface area contributed by atoms with Gasteiger partial charge in [-0.15, -0.1) is 11.8 Å². The van der Waals surface area contributed by atoms with E-state index in [9.17, 15) is 0 Å². The highest BCUT2D eigenvalue weighted by Crippen LogP contribution is 2.35. The van der Waals surface area contributed by atoms with Crippen LogP contribution in [0.4, 0.5) is 0 Å². The van der Waals surface area contributed by atoms with Gasteiger partial charge in [0.25, 0.3) is 0 Å². The van der Waals surface area contributed by atoms with Crippen LogP contribution in [0.25, 0.3) is 0 Å². The van der Waals surface area contributed by atoms with Crippen molar-refractivity contribution in [3.05, 3.63) is 52.5 Å². The van der Waals surface area contributed by atoms with Crippen molar-refractivity contribution in [3.8, 4) is 11.5 Å². The molecule has 0 saturated heterocycles. The molecule has 2 rings (SSSR count). The Labute approximate surface area is 127 Å². The van der Waals surface area contributed by atoms with Crippen LogP contribution in [0.1, 0.15) is 11.1 Å². The van der Waals surface area contributed by atoms with E-state index in [1.807, 2.05) is 43.5 Å². The Hall–Kier alpha value is -1.65. The minimum absolute atomic E-state index is 0.0202. The first-order valence-electron chi connectivity index (χ1n) is 5.98. The maximum Gasteiger partial charge on any atom is 0.146 e. The summed E-state index contributed by atoms with van der Waals surface area (Å²) in [6.45, 7) is 1.96. The highest BCUT2D eigenvalue weighted by molar-refractivity contribution is 7.98. The summed E-state index contributed by atoms with van der Waals surface area (Å²) in [7, 11) is 0. The zero-order valence-corrected chi connectivity index (χ0v) is 12.8. The van der Waals surface area contributed by atoms with Crippen LogP contribution in [0.15, 0.2) is 41.3 Å². The minimum atomic E-state index is -0.0202. The van der Waals surface area contributed by atoms with E-state index in [0.717, 1.165) is 10.5 Å². The van der Waals surface area contributed by atoms with Gasteiger partial charge in [-0.2, -0.15) is 0 Å². The summed E-state index contributed by atoms with van der Waals surface area (Å²) in [6.07, 6.45) is 1.93. The van der Waals surface area contributed by atoms with Gasteiger partial charge < -0.3 is 10.5 Å². The maximum atomic E-state index is 7.73. The molecular formula is C15H15ClN2OS. The third-order valence-corrected chi connectivity index (χ3v) is 3.86. The zero-order chi connectivity index (χ0) is 14.7. The largest absolute Gasteiger partial charge is 0.455 e. The number of nitrogen functional groups attached to an aromatic ring is 1. The second-order valence-electron chi connectivity index (χ2n) is 4.28. The molecule has 20 heavy (non-hydrogen) atoms. The van der Waals surface area contributed by atoms with Gasteiger partial charge in [-0.1, -0.05) is 23.7 Å². The quantitative estimate of drug-likeness (QED) is 0.498. The SMILES string of the molecule is CSc1cccc(Oc2ccc(C)cc2Cl)c1C(=N)N. The minimum Gasteiger partial charge on any atom is -0.455 e. The molecule has 0 unspecified atom stereocenters. The fourth-order valence-corrected chi connectivity index (χ4v) is 2.74. The number of aryl methyl sites for hydroxylation is 1. The molecule has 0 bridgehead atoms. The number of halogens is 1. The van der Waals surface area contributed by atoms with Gasteiger partial charge in [-0.3, -0.25) is 5.41 Å².